The van der Waals surface area contributed by atoms with Crippen molar-refractivity contribution in [2.75, 3.05) is 0 Å². The lowest BCUT2D eigenvalue weighted by molar-refractivity contribution is -0.231. The van der Waals surface area contributed by atoms with Gasteiger partial charge in [-0.25, -0.2) is 0 Å². The summed E-state index contributed by atoms with van der Waals surface area (Å²) in [6.07, 6.45) is -0.256. The van der Waals surface area contributed by atoms with Gasteiger partial charge in [0, 0.05) is 5.56 Å². The van der Waals surface area contributed by atoms with E-state index in [4.69, 9.17) is 9.47 Å². The van der Waals surface area contributed by atoms with Gasteiger partial charge in [-0.2, -0.15) is 0 Å². The third-order valence-electron chi connectivity index (χ3n) is 3.04. The highest BCUT2D eigenvalue weighted by Gasteiger charge is 2.34. The van der Waals surface area contributed by atoms with Gasteiger partial charge in [0.25, 0.3) is 0 Å². The maximum Gasteiger partial charge on any atom is 0.195 e. The number of aliphatic hydroxyl groups excluding tert-OH is 1. The Morgan fingerprint density at radius 3 is 1.95 bits per heavy atom. The van der Waals surface area contributed by atoms with E-state index in [0.717, 1.165) is 17.4 Å². The first kappa shape index (κ1) is 17.7. The van der Waals surface area contributed by atoms with Crippen molar-refractivity contribution < 1.29 is 19.4 Å². The summed E-state index contributed by atoms with van der Waals surface area (Å²) in [6, 6.07) is 3.53. The molecular formula is C17H26O4. The molecule has 4 heteroatoms. The number of rotatable bonds is 5. The third-order valence-corrected chi connectivity index (χ3v) is 3.04. The Bertz CT molecular complexity index is 489. The molecule has 0 aromatic heterocycles. The zero-order valence-electron chi connectivity index (χ0n) is 14.0. The molecular weight excluding hydrogens is 268 g/mol. The van der Waals surface area contributed by atoms with Crippen LogP contribution in [0.3, 0.4) is 0 Å². The summed E-state index contributed by atoms with van der Waals surface area (Å²) in [7, 11) is 0. The standard InChI is InChI=1S/C17H26O4/c1-11-8-13(10-18)9-12(2)14(11)20-17(6,7)15(19)21-16(3,4)5/h8-10,15,19H,1-7H3. The van der Waals surface area contributed by atoms with Crippen molar-refractivity contribution in [2.45, 2.75) is 66.0 Å². The molecule has 1 atom stereocenters. The number of carbonyl (C=O) groups is 1. The highest BCUT2D eigenvalue weighted by atomic mass is 16.6. The molecule has 21 heavy (non-hydrogen) atoms. The van der Waals surface area contributed by atoms with E-state index in [2.05, 4.69) is 0 Å². The van der Waals surface area contributed by atoms with Crippen molar-refractivity contribution >= 4 is 6.29 Å². The van der Waals surface area contributed by atoms with Crippen LogP contribution in [0.25, 0.3) is 0 Å². The van der Waals surface area contributed by atoms with E-state index in [0.29, 0.717) is 11.3 Å². The smallest absolute Gasteiger partial charge is 0.195 e. The number of hydrogen-bond donors (Lipinski definition) is 1. The lowest BCUT2D eigenvalue weighted by Gasteiger charge is -2.36. The molecule has 1 aromatic carbocycles. The zero-order chi connectivity index (χ0) is 16.4. The summed E-state index contributed by atoms with van der Waals surface area (Å²) in [4.78, 5) is 10.9. The van der Waals surface area contributed by atoms with Gasteiger partial charge in [0.1, 0.15) is 12.0 Å². The van der Waals surface area contributed by atoms with E-state index in [1.165, 1.54) is 0 Å². The van der Waals surface area contributed by atoms with E-state index < -0.39 is 17.5 Å². The highest BCUT2D eigenvalue weighted by Crippen LogP contribution is 2.30. The molecule has 1 N–H and O–H groups in total. The van der Waals surface area contributed by atoms with Crippen molar-refractivity contribution in [3.63, 3.8) is 0 Å². The van der Waals surface area contributed by atoms with Gasteiger partial charge in [-0.15, -0.1) is 0 Å². The fourth-order valence-electron chi connectivity index (χ4n) is 2.00. The summed E-state index contributed by atoms with van der Waals surface area (Å²) in [6.45, 7) is 12.9. The summed E-state index contributed by atoms with van der Waals surface area (Å²) in [5.74, 6) is 0.669. The Balaban J connectivity index is 3.01. The molecule has 0 aliphatic heterocycles. The predicted molar refractivity (Wildman–Crippen MR) is 82.9 cm³/mol. The molecule has 0 fully saturated rings. The molecule has 0 bridgehead atoms. The second kappa shape index (κ2) is 6.16. The van der Waals surface area contributed by atoms with Crippen LogP contribution in [0.15, 0.2) is 12.1 Å². The normalized spacial score (nSPS) is 13.9. The fraction of sp³-hybridized carbons (Fsp3) is 0.588. The maximum atomic E-state index is 10.9. The van der Waals surface area contributed by atoms with Crippen molar-refractivity contribution in [3.8, 4) is 5.75 Å². The van der Waals surface area contributed by atoms with Crippen molar-refractivity contribution in [1.29, 1.82) is 0 Å². The molecule has 0 aliphatic rings. The second-order valence-electron chi connectivity index (χ2n) is 6.89. The summed E-state index contributed by atoms with van der Waals surface area (Å²) >= 11 is 0. The van der Waals surface area contributed by atoms with Crippen LogP contribution in [0.5, 0.6) is 5.75 Å². The quantitative estimate of drug-likeness (QED) is 0.668. The molecule has 0 saturated carbocycles. The lowest BCUT2D eigenvalue weighted by atomic mass is 10.0. The minimum Gasteiger partial charge on any atom is -0.482 e. The van der Waals surface area contributed by atoms with Crippen LogP contribution in [-0.2, 0) is 4.74 Å². The minimum atomic E-state index is -1.07. The Hall–Kier alpha value is -1.39. The molecule has 0 radical (unpaired) electrons. The summed E-state index contributed by atoms with van der Waals surface area (Å²) in [5.41, 5.74) is 0.944. The van der Waals surface area contributed by atoms with Crippen LogP contribution in [0.4, 0.5) is 0 Å². The fourth-order valence-corrected chi connectivity index (χ4v) is 2.00. The Morgan fingerprint density at radius 2 is 1.57 bits per heavy atom. The average Bonchev–Trinajstić information content (AvgIpc) is 2.31. The first-order valence-corrected chi connectivity index (χ1v) is 7.07. The number of aliphatic hydroxyl groups is 1. The molecule has 1 unspecified atom stereocenters. The largest absolute Gasteiger partial charge is 0.482 e. The first-order valence-electron chi connectivity index (χ1n) is 7.07. The molecule has 0 amide bonds. The molecule has 118 valence electrons. The van der Waals surface area contributed by atoms with Crippen molar-refractivity contribution in [3.05, 3.63) is 28.8 Å². The van der Waals surface area contributed by atoms with Gasteiger partial charge in [-0.05, 0) is 71.7 Å². The van der Waals surface area contributed by atoms with E-state index in [9.17, 15) is 9.90 Å². The molecule has 1 rings (SSSR count). The maximum absolute atomic E-state index is 10.9. The monoisotopic (exact) mass is 294 g/mol. The molecule has 0 saturated heterocycles. The van der Waals surface area contributed by atoms with Crippen LogP contribution in [0.1, 0.15) is 56.1 Å². The molecule has 0 spiro atoms. The van der Waals surface area contributed by atoms with E-state index in [-0.39, 0.29) is 0 Å². The Labute approximate surface area is 127 Å². The molecule has 4 nitrogen and oxygen atoms in total. The topological polar surface area (TPSA) is 55.8 Å². The third kappa shape index (κ3) is 4.83. The van der Waals surface area contributed by atoms with Gasteiger partial charge >= 0.3 is 0 Å². The van der Waals surface area contributed by atoms with Crippen molar-refractivity contribution in [2.24, 2.45) is 0 Å². The Morgan fingerprint density at radius 1 is 1.10 bits per heavy atom. The SMILES string of the molecule is Cc1cc(C=O)cc(C)c1OC(C)(C)C(O)OC(C)(C)C. The number of benzene rings is 1. The molecule has 0 aliphatic carbocycles. The number of hydrogen-bond acceptors (Lipinski definition) is 4. The van der Waals surface area contributed by atoms with Crippen molar-refractivity contribution in [1.82, 2.24) is 0 Å². The van der Waals surface area contributed by atoms with Crippen LogP contribution in [0, 0.1) is 13.8 Å². The van der Waals surface area contributed by atoms with E-state index in [1.807, 2.05) is 34.6 Å². The number of ether oxygens (including phenoxy) is 2. The van der Waals surface area contributed by atoms with Gasteiger partial charge < -0.3 is 14.6 Å². The van der Waals surface area contributed by atoms with Crippen LogP contribution in [-0.4, -0.2) is 28.9 Å². The van der Waals surface area contributed by atoms with Gasteiger partial charge in [0.15, 0.2) is 11.9 Å². The summed E-state index contributed by atoms with van der Waals surface area (Å²) in [5, 5.41) is 10.3. The zero-order valence-corrected chi connectivity index (χ0v) is 14.0. The van der Waals surface area contributed by atoms with Gasteiger partial charge in [0.05, 0.1) is 5.60 Å². The van der Waals surface area contributed by atoms with Crippen LogP contribution < -0.4 is 4.74 Å². The van der Waals surface area contributed by atoms with Gasteiger partial charge in [0.2, 0.25) is 0 Å². The summed E-state index contributed by atoms with van der Waals surface area (Å²) < 4.78 is 11.6. The molecule has 0 heterocycles. The van der Waals surface area contributed by atoms with Crippen LogP contribution in [0.2, 0.25) is 0 Å². The average molecular weight is 294 g/mol. The van der Waals surface area contributed by atoms with Crippen LogP contribution >= 0.6 is 0 Å². The number of aryl methyl sites for hydroxylation is 2. The lowest BCUT2D eigenvalue weighted by Crippen LogP contribution is -2.47. The van der Waals surface area contributed by atoms with E-state index >= 15 is 0 Å². The number of aldehydes is 1. The number of carbonyl (C=O) groups excluding carboxylic acids is 1. The van der Waals surface area contributed by atoms with Gasteiger partial charge in [-0.1, -0.05) is 0 Å². The van der Waals surface area contributed by atoms with E-state index in [1.54, 1.807) is 26.0 Å². The Kier molecular flexibility index (Phi) is 5.18. The molecule has 1 aromatic rings. The minimum absolute atomic E-state index is 0.467. The first-order chi connectivity index (χ1) is 9.46. The highest BCUT2D eigenvalue weighted by molar-refractivity contribution is 5.76. The second-order valence-corrected chi connectivity index (χ2v) is 6.89. The predicted octanol–water partition coefficient (Wildman–Crippen LogP) is 3.41. The van der Waals surface area contributed by atoms with Gasteiger partial charge in [-0.3, -0.25) is 4.79 Å².